The number of rotatable bonds is 4. The first-order valence-electron chi connectivity index (χ1n) is 6.50. The molecule has 4 heteroatoms. The van der Waals surface area contributed by atoms with Crippen molar-refractivity contribution in [2.24, 2.45) is 5.92 Å². The third kappa shape index (κ3) is 3.76. The predicted molar refractivity (Wildman–Crippen MR) is 73.2 cm³/mol. The van der Waals surface area contributed by atoms with Crippen LogP contribution in [0.2, 0.25) is 0 Å². The lowest BCUT2D eigenvalue weighted by Gasteiger charge is -2.39. The van der Waals surface area contributed by atoms with Gasteiger partial charge in [0.1, 0.15) is 0 Å². The molecule has 1 fully saturated rings. The van der Waals surface area contributed by atoms with Crippen LogP contribution in [0.4, 0.5) is 0 Å². The molecule has 0 amide bonds. The van der Waals surface area contributed by atoms with Crippen molar-refractivity contribution in [2.75, 3.05) is 13.1 Å². The van der Waals surface area contributed by atoms with Gasteiger partial charge < -0.3 is 5.32 Å². The average Bonchev–Trinajstić information content (AvgIpc) is 2.75. The monoisotopic (exact) mass is 253 g/mol. The van der Waals surface area contributed by atoms with Crippen LogP contribution in [-0.2, 0) is 6.54 Å². The first kappa shape index (κ1) is 13.0. The first-order chi connectivity index (χ1) is 8.15. The molecule has 2 rings (SSSR count). The third-order valence-electron chi connectivity index (χ3n) is 3.38. The summed E-state index contributed by atoms with van der Waals surface area (Å²) in [6.45, 7) is 10.2. The van der Waals surface area contributed by atoms with Gasteiger partial charge in [-0.15, -0.1) is 11.3 Å². The molecule has 96 valence electrons. The maximum atomic E-state index is 4.16. The molecule has 1 aromatic heterocycles. The van der Waals surface area contributed by atoms with Crippen molar-refractivity contribution in [2.45, 2.75) is 45.8 Å². The van der Waals surface area contributed by atoms with Crippen molar-refractivity contribution in [3.8, 4) is 0 Å². The molecule has 2 atom stereocenters. The molecule has 17 heavy (non-hydrogen) atoms. The quantitative estimate of drug-likeness (QED) is 0.893. The van der Waals surface area contributed by atoms with Gasteiger partial charge >= 0.3 is 0 Å². The normalized spacial score (nSPS) is 26.6. The summed E-state index contributed by atoms with van der Waals surface area (Å²) in [7, 11) is 0. The largest absolute Gasteiger partial charge is 0.311 e. The fourth-order valence-electron chi connectivity index (χ4n) is 2.46. The molecule has 1 N–H and O–H groups in total. The van der Waals surface area contributed by atoms with Gasteiger partial charge in [0.25, 0.3) is 0 Å². The molecule has 2 unspecified atom stereocenters. The molecule has 0 radical (unpaired) electrons. The maximum Gasteiger partial charge on any atom is 0.0794 e. The van der Waals surface area contributed by atoms with E-state index in [1.54, 1.807) is 11.3 Å². The van der Waals surface area contributed by atoms with Gasteiger partial charge in [0.15, 0.2) is 0 Å². The highest BCUT2D eigenvalue weighted by Crippen LogP contribution is 2.17. The van der Waals surface area contributed by atoms with Crippen LogP contribution in [0.3, 0.4) is 0 Å². The highest BCUT2D eigenvalue weighted by atomic mass is 32.1. The van der Waals surface area contributed by atoms with Crippen molar-refractivity contribution in [3.05, 3.63) is 16.6 Å². The van der Waals surface area contributed by atoms with E-state index in [-0.39, 0.29) is 0 Å². The van der Waals surface area contributed by atoms with E-state index < -0.39 is 0 Å². The van der Waals surface area contributed by atoms with Crippen molar-refractivity contribution >= 4 is 11.3 Å². The predicted octanol–water partition coefficient (Wildman–Crippen LogP) is 2.35. The number of hydrogen-bond acceptors (Lipinski definition) is 4. The summed E-state index contributed by atoms with van der Waals surface area (Å²) in [6.07, 6.45) is 3.27. The number of nitrogens with zero attached hydrogens (tertiary/aromatic N) is 2. The van der Waals surface area contributed by atoms with Crippen LogP contribution < -0.4 is 5.32 Å². The fourth-order valence-corrected chi connectivity index (χ4v) is 3.08. The molecular weight excluding hydrogens is 230 g/mol. The molecule has 1 aliphatic rings. The summed E-state index contributed by atoms with van der Waals surface area (Å²) in [5.41, 5.74) is 1.92. The average molecular weight is 253 g/mol. The summed E-state index contributed by atoms with van der Waals surface area (Å²) in [6, 6.07) is 1.28. The van der Waals surface area contributed by atoms with E-state index in [1.165, 1.54) is 11.3 Å². The zero-order valence-corrected chi connectivity index (χ0v) is 11.8. The zero-order valence-electron chi connectivity index (χ0n) is 11.0. The van der Waals surface area contributed by atoms with Crippen molar-refractivity contribution in [1.82, 2.24) is 15.2 Å². The Morgan fingerprint density at radius 1 is 1.59 bits per heavy atom. The summed E-state index contributed by atoms with van der Waals surface area (Å²) >= 11 is 1.76. The van der Waals surface area contributed by atoms with Crippen LogP contribution in [-0.4, -0.2) is 35.1 Å². The second-order valence-corrected chi connectivity index (χ2v) is 6.45. The highest BCUT2D eigenvalue weighted by Gasteiger charge is 2.25. The van der Waals surface area contributed by atoms with Gasteiger partial charge in [0.2, 0.25) is 0 Å². The van der Waals surface area contributed by atoms with Gasteiger partial charge in [-0.1, -0.05) is 13.8 Å². The fraction of sp³-hybridized carbons (Fsp3) is 0.769. The Kier molecular flexibility index (Phi) is 4.54. The van der Waals surface area contributed by atoms with E-state index in [4.69, 9.17) is 0 Å². The van der Waals surface area contributed by atoms with Crippen LogP contribution in [0.5, 0.6) is 0 Å². The van der Waals surface area contributed by atoms with Crippen LogP contribution in [0.1, 0.15) is 32.1 Å². The standard InChI is InChI=1S/C13H23N3S/c1-10(2)4-12-7-16(11(3)5-15-12)8-13-6-14-9-17-13/h6,9-12,15H,4-5,7-8H2,1-3H3. The molecule has 1 aromatic rings. The van der Waals surface area contributed by atoms with Gasteiger partial charge in [-0.25, -0.2) is 0 Å². The Morgan fingerprint density at radius 2 is 2.41 bits per heavy atom. The lowest BCUT2D eigenvalue weighted by molar-refractivity contribution is 0.126. The number of nitrogens with one attached hydrogen (secondary N) is 1. The van der Waals surface area contributed by atoms with Gasteiger partial charge in [-0.2, -0.15) is 0 Å². The molecule has 0 bridgehead atoms. The molecule has 0 saturated carbocycles. The molecule has 0 spiro atoms. The number of aromatic nitrogens is 1. The molecule has 0 aromatic carbocycles. The zero-order chi connectivity index (χ0) is 12.3. The van der Waals surface area contributed by atoms with Gasteiger partial charge in [0.05, 0.1) is 5.51 Å². The highest BCUT2D eigenvalue weighted by molar-refractivity contribution is 7.09. The second kappa shape index (κ2) is 5.94. The van der Waals surface area contributed by atoms with Crippen molar-refractivity contribution < 1.29 is 0 Å². The minimum absolute atomic E-state index is 0.625. The maximum absolute atomic E-state index is 4.16. The summed E-state index contributed by atoms with van der Waals surface area (Å²) in [4.78, 5) is 8.11. The minimum atomic E-state index is 0.625. The summed E-state index contributed by atoms with van der Waals surface area (Å²) in [5, 5.41) is 3.66. The molecule has 0 aliphatic carbocycles. The Labute approximate surface area is 108 Å². The van der Waals surface area contributed by atoms with Gasteiger partial charge in [0, 0.05) is 42.8 Å². The lowest BCUT2D eigenvalue weighted by Crippen LogP contribution is -2.55. The molecular formula is C13H23N3S. The van der Waals surface area contributed by atoms with Crippen LogP contribution in [0.25, 0.3) is 0 Å². The molecule has 1 saturated heterocycles. The second-order valence-electron chi connectivity index (χ2n) is 5.48. The lowest BCUT2D eigenvalue weighted by atomic mass is 10.00. The number of hydrogen-bond donors (Lipinski definition) is 1. The Hall–Kier alpha value is -0.450. The minimum Gasteiger partial charge on any atom is -0.311 e. The molecule has 2 heterocycles. The Bertz CT molecular complexity index is 323. The van der Waals surface area contributed by atoms with Gasteiger partial charge in [-0.3, -0.25) is 9.88 Å². The van der Waals surface area contributed by atoms with Crippen molar-refractivity contribution in [3.63, 3.8) is 0 Å². The SMILES string of the molecule is CC(C)CC1CN(Cc2cncs2)C(C)CN1. The van der Waals surface area contributed by atoms with E-state index in [0.717, 1.165) is 25.6 Å². The van der Waals surface area contributed by atoms with Crippen molar-refractivity contribution in [1.29, 1.82) is 0 Å². The van der Waals surface area contributed by atoms with E-state index in [2.05, 4.69) is 36.0 Å². The topological polar surface area (TPSA) is 28.2 Å². The third-order valence-corrected chi connectivity index (χ3v) is 4.14. The molecule has 3 nitrogen and oxygen atoms in total. The smallest absolute Gasteiger partial charge is 0.0794 e. The molecule has 1 aliphatic heterocycles. The number of piperazine rings is 1. The first-order valence-corrected chi connectivity index (χ1v) is 7.38. The van der Waals surface area contributed by atoms with Crippen LogP contribution >= 0.6 is 11.3 Å². The van der Waals surface area contributed by atoms with Crippen LogP contribution in [0, 0.1) is 5.92 Å². The Morgan fingerprint density at radius 3 is 3.06 bits per heavy atom. The number of thiazole rings is 1. The van der Waals surface area contributed by atoms with E-state index >= 15 is 0 Å². The summed E-state index contributed by atoms with van der Waals surface area (Å²) in [5.74, 6) is 0.770. The van der Waals surface area contributed by atoms with Crippen LogP contribution in [0.15, 0.2) is 11.7 Å². The van der Waals surface area contributed by atoms with E-state index in [0.29, 0.717) is 12.1 Å². The van der Waals surface area contributed by atoms with E-state index in [9.17, 15) is 0 Å². The van der Waals surface area contributed by atoms with E-state index in [1.807, 2.05) is 11.7 Å². The summed E-state index contributed by atoms with van der Waals surface area (Å²) < 4.78 is 0. The Balaban J connectivity index is 1.90. The van der Waals surface area contributed by atoms with Gasteiger partial charge in [-0.05, 0) is 19.3 Å².